The number of para-hydroxylation sites is 1. The summed E-state index contributed by atoms with van der Waals surface area (Å²) in [5.41, 5.74) is 3.27. The van der Waals surface area contributed by atoms with Gasteiger partial charge in [0.25, 0.3) is 5.91 Å². The maximum atomic E-state index is 12.5. The maximum absolute atomic E-state index is 12.5. The number of carbonyl (C=O) groups excluding carboxylic acids is 3. The van der Waals surface area contributed by atoms with E-state index in [-0.39, 0.29) is 36.5 Å². The molecule has 0 aliphatic carbocycles. The summed E-state index contributed by atoms with van der Waals surface area (Å²) in [6.45, 7) is -0.0269. The van der Waals surface area contributed by atoms with E-state index in [4.69, 9.17) is 9.15 Å². The fourth-order valence-electron chi connectivity index (χ4n) is 3.35. The van der Waals surface area contributed by atoms with Crippen molar-refractivity contribution in [3.63, 3.8) is 0 Å². The van der Waals surface area contributed by atoms with Gasteiger partial charge < -0.3 is 25.1 Å². The topological polar surface area (TPSA) is 110 Å². The molecule has 0 atom stereocenters. The summed E-state index contributed by atoms with van der Waals surface area (Å²) in [7, 11) is 1.45. The summed E-state index contributed by atoms with van der Waals surface area (Å²) in [6.07, 6.45) is 0.171. The maximum Gasteiger partial charge on any atom is 0.291 e. The van der Waals surface area contributed by atoms with E-state index in [9.17, 15) is 14.4 Å². The molecular formula is C26H23N3O5. The van der Waals surface area contributed by atoms with Crippen LogP contribution >= 0.6 is 0 Å². The summed E-state index contributed by atoms with van der Waals surface area (Å²) in [6, 6.07) is 23.0. The number of fused-ring (bicyclic) bond motifs is 1. The van der Waals surface area contributed by atoms with Gasteiger partial charge in [-0.3, -0.25) is 14.4 Å². The lowest BCUT2D eigenvalue weighted by atomic mass is 10.1. The summed E-state index contributed by atoms with van der Waals surface area (Å²) in [5, 5.41) is 9.16. The molecule has 0 bridgehead atoms. The Morgan fingerprint density at radius 3 is 2.00 bits per heavy atom. The first kappa shape index (κ1) is 22.8. The Balaban J connectivity index is 1.29. The molecule has 4 rings (SSSR count). The van der Waals surface area contributed by atoms with E-state index in [1.54, 1.807) is 60.7 Å². The summed E-state index contributed by atoms with van der Waals surface area (Å²) < 4.78 is 10.4. The zero-order valence-electron chi connectivity index (χ0n) is 18.5. The third kappa shape index (κ3) is 5.87. The van der Waals surface area contributed by atoms with Gasteiger partial charge in [0.15, 0.2) is 5.76 Å². The van der Waals surface area contributed by atoms with Crippen LogP contribution in [0.4, 0.5) is 17.1 Å². The van der Waals surface area contributed by atoms with Crippen LogP contribution in [0.15, 0.2) is 83.3 Å². The van der Waals surface area contributed by atoms with Crippen LogP contribution in [0.1, 0.15) is 16.1 Å². The van der Waals surface area contributed by atoms with E-state index in [2.05, 4.69) is 16.0 Å². The number of ether oxygens (including phenoxy) is 1. The third-order valence-electron chi connectivity index (χ3n) is 4.95. The summed E-state index contributed by atoms with van der Waals surface area (Å²) in [4.78, 5) is 36.4. The standard InChI is InChI=1S/C26H23N3O5/c1-33-16-25(31)28-20-12-10-19(11-13-20)27-24(30)14-17-6-8-21(9-7-17)29-26(32)23-15-18-4-2-3-5-22(18)34-23/h2-13,15H,14,16H2,1H3,(H,27,30)(H,28,31)(H,29,32). The number of carbonyl (C=O) groups is 3. The van der Waals surface area contributed by atoms with Crippen molar-refractivity contribution in [2.24, 2.45) is 0 Å². The second kappa shape index (κ2) is 10.5. The molecule has 0 unspecified atom stereocenters. The smallest absolute Gasteiger partial charge is 0.291 e. The minimum absolute atomic E-state index is 0.0269. The Bertz CT molecular complexity index is 1280. The number of benzene rings is 3. The van der Waals surface area contributed by atoms with Crippen molar-refractivity contribution in [2.45, 2.75) is 6.42 Å². The summed E-state index contributed by atoms with van der Waals surface area (Å²) >= 11 is 0. The van der Waals surface area contributed by atoms with E-state index in [0.717, 1.165) is 10.9 Å². The molecule has 3 amide bonds. The highest BCUT2D eigenvalue weighted by molar-refractivity contribution is 6.04. The van der Waals surface area contributed by atoms with Gasteiger partial charge in [0, 0.05) is 29.6 Å². The molecule has 3 N–H and O–H groups in total. The highest BCUT2D eigenvalue weighted by Crippen LogP contribution is 2.20. The number of methoxy groups -OCH3 is 1. The average Bonchev–Trinajstić information content (AvgIpc) is 3.26. The highest BCUT2D eigenvalue weighted by atomic mass is 16.5. The van der Waals surface area contributed by atoms with Crippen molar-refractivity contribution in [3.8, 4) is 0 Å². The van der Waals surface area contributed by atoms with E-state index in [1.807, 2.05) is 18.2 Å². The molecule has 8 heteroatoms. The number of nitrogens with one attached hydrogen (secondary N) is 3. The van der Waals surface area contributed by atoms with Crippen molar-refractivity contribution in [1.29, 1.82) is 0 Å². The van der Waals surface area contributed by atoms with Crippen LogP contribution in [0.2, 0.25) is 0 Å². The molecule has 3 aromatic carbocycles. The van der Waals surface area contributed by atoms with E-state index < -0.39 is 0 Å². The number of hydrogen-bond acceptors (Lipinski definition) is 5. The summed E-state index contributed by atoms with van der Waals surface area (Å²) in [5.74, 6) is -0.552. The lowest BCUT2D eigenvalue weighted by Crippen LogP contribution is -2.17. The van der Waals surface area contributed by atoms with Crippen molar-refractivity contribution in [2.75, 3.05) is 29.7 Å². The van der Waals surface area contributed by atoms with Crippen LogP contribution in [-0.4, -0.2) is 31.4 Å². The predicted octanol–water partition coefficient (Wildman–Crippen LogP) is 4.45. The molecule has 0 aliphatic heterocycles. The molecule has 8 nitrogen and oxygen atoms in total. The van der Waals surface area contributed by atoms with Gasteiger partial charge in [0.1, 0.15) is 12.2 Å². The van der Waals surface area contributed by atoms with E-state index >= 15 is 0 Å². The van der Waals surface area contributed by atoms with Crippen molar-refractivity contribution in [3.05, 3.63) is 90.2 Å². The van der Waals surface area contributed by atoms with Gasteiger partial charge in [0.05, 0.1) is 6.42 Å². The Morgan fingerprint density at radius 1 is 0.765 bits per heavy atom. The predicted molar refractivity (Wildman–Crippen MR) is 130 cm³/mol. The first-order valence-corrected chi connectivity index (χ1v) is 10.6. The zero-order chi connectivity index (χ0) is 23.9. The normalized spacial score (nSPS) is 10.6. The molecular weight excluding hydrogens is 434 g/mol. The molecule has 0 saturated heterocycles. The van der Waals surface area contributed by atoms with Gasteiger partial charge in [0.2, 0.25) is 11.8 Å². The average molecular weight is 457 g/mol. The molecule has 0 aliphatic rings. The van der Waals surface area contributed by atoms with Gasteiger partial charge in [-0.05, 0) is 54.1 Å². The van der Waals surface area contributed by atoms with Gasteiger partial charge in [-0.2, -0.15) is 0 Å². The molecule has 172 valence electrons. The number of hydrogen-bond donors (Lipinski definition) is 3. The first-order valence-electron chi connectivity index (χ1n) is 10.6. The molecule has 0 fully saturated rings. The van der Waals surface area contributed by atoms with Crippen molar-refractivity contribution in [1.82, 2.24) is 0 Å². The van der Waals surface area contributed by atoms with Gasteiger partial charge in [-0.25, -0.2) is 0 Å². The number of anilines is 3. The molecule has 0 radical (unpaired) electrons. The van der Waals surface area contributed by atoms with Crippen LogP contribution in [0, 0.1) is 0 Å². The minimum Gasteiger partial charge on any atom is -0.451 e. The molecule has 0 spiro atoms. The van der Waals surface area contributed by atoms with Crippen LogP contribution in [-0.2, 0) is 20.7 Å². The molecule has 34 heavy (non-hydrogen) atoms. The third-order valence-corrected chi connectivity index (χ3v) is 4.95. The van der Waals surface area contributed by atoms with Crippen LogP contribution < -0.4 is 16.0 Å². The number of rotatable bonds is 8. The minimum atomic E-state index is -0.344. The Kier molecular flexibility index (Phi) is 7.00. The zero-order valence-corrected chi connectivity index (χ0v) is 18.5. The van der Waals surface area contributed by atoms with Gasteiger partial charge >= 0.3 is 0 Å². The fourth-order valence-corrected chi connectivity index (χ4v) is 3.35. The van der Waals surface area contributed by atoms with Crippen LogP contribution in [0.5, 0.6) is 0 Å². The Hall–Kier alpha value is -4.43. The van der Waals surface area contributed by atoms with Gasteiger partial charge in [-0.1, -0.05) is 30.3 Å². The molecule has 4 aromatic rings. The first-order chi connectivity index (χ1) is 16.5. The Labute approximate surface area is 195 Å². The van der Waals surface area contributed by atoms with Crippen LogP contribution in [0.3, 0.4) is 0 Å². The largest absolute Gasteiger partial charge is 0.451 e. The van der Waals surface area contributed by atoms with Crippen molar-refractivity contribution < 1.29 is 23.5 Å². The second-order valence-electron chi connectivity index (χ2n) is 7.58. The Morgan fingerprint density at radius 2 is 1.35 bits per heavy atom. The monoisotopic (exact) mass is 457 g/mol. The van der Waals surface area contributed by atoms with E-state index in [1.165, 1.54) is 7.11 Å². The lowest BCUT2D eigenvalue weighted by molar-refractivity contribution is -0.119. The van der Waals surface area contributed by atoms with Gasteiger partial charge in [-0.15, -0.1) is 0 Å². The SMILES string of the molecule is COCC(=O)Nc1ccc(NC(=O)Cc2ccc(NC(=O)c3cc4ccccc4o3)cc2)cc1. The lowest BCUT2D eigenvalue weighted by Gasteiger charge is -2.08. The van der Waals surface area contributed by atoms with Crippen molar-refractivity contribution >= 4 is 45.8 Å². The van der Waals surface area contributed by atoms with Crippen LogP contribution in [0.25, 0.3) is 11.0 Å². The van der Waals surface area contributed by atoms with E-state index in [0.29, 0.717) is 22.6 Å². The second-order valence-corrected chi connectivity index (χ2v) is 7.58. The molecule has 0 saturated carbocycles. The molecule has 1 heterocycles. The highest BCUT2D eigenvalue weighted by Gasteiger charge is 2.12. The quantitative estimate of drug-likeness (QED) is 0.362. The number of furan rings is 1. The molecule has 1 aromatic heterocycles. The number of amides is 3. The fraction of sp³-hybridized carbons (Fsp3) is 0.115.